The van der Waals surface area contributed by atoms with E-state index in [2.05, 4.69) is 22.6 Å². The maximum absolute atomic E-state index is 6.13. The molecule has 76 valence electrons. The Hall–Kier alpha value is 0.450. The molecule has 0 N–H and O–H groups in total. The van der Waals surface area contributed by atoms with Crippen LogP contribution in [0.2, 0.25) is 10.0 Å². The van der Waals surface area contributed by atoms with Gasteiger partial charge in [0, 0.05) is 9.13 Å². The molecule has 1 fully saturated rings. The Kier molecular flexibility index (Phi) is 3.54. The zero-order valence-corrected chi connectivity index (χ0v) is 10.8. The summed E-state index contributed by atoms with van der Waals surface area (Å²) in [5.74, 6) is 0. The summed E-state index contributed by atoms with van der Waals surface area (Å²) in [5, 5.41) is 1.20. The van der Waals surface area contributed by atoms with E-state index < -0.39 is 6.29 Å². The van der Waals surface area contributed by atoms with Gasteiger partial charge in [-0.1, -0.05) is 23.2 Å². The van der Waals surface area contributed by atoms with Crippen molar-refractivity contribution in [3.05, 3.63) is 31.3 Å². The second-order valence-corrected chi connectivity index (χ2v) is 4.78. The second-order valence-electron chi connectivity index (χ2n) is 2.83. The standard InChI is InChI=1S/C9H7Cl2IO2/c10-5-1-2-6(12)8(11)7(5)9-13-3-4-14-9/h1-2,9H,3-4H2. The molecule has 1 aromatic rings. The van der Waals surface area contributed by atoms with Gasteiger partial charge in [0.05, 0.1) is 23.3 Å². The van der Waals surface area contributed by atoms with Gasteiger partial charge in [0.15, 0.2) is 6.29 Å². The number of hydrogen-bond acceptors (Lipinski definition) is 2. The Bertz CT molecular complexity index is 351. The molecule has 1 aliphatic heterocycles. The summed E-state index contributed by atoms with van der Waals surface area (Å²) in [5.41, 5.74) is 0.734. The molecule has 0 aromatic heterocycles. The highest BCUT2D eigenvalue weighted by Crippen LogP contribution is 2.37. The van der Waals surface area contributed by atoms with E-state index >= 15 is 0 Å². The van der Waals surface area contributed by atoms with Gasteiger partial charge in [-0.15, -0.1) is 0 Å². The predicted molar refractivity (Wildman–Crippen MR) is 63.8 cm³/mol. The monoisotopic (exact) mass is 344 g/mol. The van der Waals surface area contributed by atoms with E-state index in [1.165, 1.54) is 0 Å². The summed E-state index contributed by atoms with van der Waals surface area (Å²) in [6, 6.07) is 3.67. The summed E-state index contributed by atoms with van der Waals surface area (Å²) in [7, 11) is 0. The van der Waals surface area contributed by atoms with Gasteiger partial charge in [-0.05, 0) is 34.7 Å². The summed E-state index contributed by atoms with van der Waals surface area (Å²) in [6.07, 6.45) is -0.412. The Balaban J connectivity index is 2.44. The lowest BCUT2D eigenvalue weighted by Gasteiger charge is -2.13. The molecule has 0 saturated carbocycles. The molecule has 0 atom stereocenters. The van der Waals surface area contributed by atoms with Crippen LogP contribution in [-0.4, -0.2) is 13.2 Å². The topological polar surface area (TPSA) is 18.5 Å². The first-order valence-corrected chi connectivity index (χ1v) is 5.90. The van der Waals surface area contributed by atoms with E-state index in [9.17, 15) is 0 Å². The van der Waals surface area contributed by atoms with Gasteiger partial charge in [0.1, 0.15) is 0 Å². The molecule has 5 heteroatoms. The maximum atomic E-state index is 6.13. The number of rotatable bonds is 1. The normalized spacial score (nSPS) is 17.6. The van der Waals surface area contributed by atoms with Crippen molar-refractivity contribution < 1.29 is 9.47 Å². The van der Waals surface area contributed by atoms with Crippen LogP contribution in [0.4, 0.5) is 0 Å². The minimum atomic E-state index is -0.412. The number of hydrogen-bond donors (Lipinski definition) is 0. The molecule has 0 aliphatic carbocycles. The van der Waals surface area contributed by atoms with Gasteiger partial charge in [-0.2, -0.15) is 0 Å². The first kappa shape index (κ1) is 11.0. The lowest BCUT2D eigenvalue weighted by Crippen LogP contribution is -2.01. The third-order valence-electron chi connectivity index (χ3n) is 1.94. The molecule has 0 spiro atoms. The Labute approximate surface area is 106 Å². The first-order chi connectivity index (χ1) is 6.70. The third kappa shape index (κ3) is 2.02. The fourth-order valence-electron chi connectivity index (χ4n) is 1.28. The number of halogens is 3. The van der Waals surface area contributed by atoms with Crippen LogP contribution in [-0.2, 0) is 9.47 Å². The molecule has 0 amide bonds. The van der Waals surface area contributed by atoms with Gasteiger partial charge in [0.2, 0.25) is 0 Å². The van der Waals surface area contributed by atoms with Gasteiger partial charge in [-0.3, -0.25) is 0 Å². The largest absolute Gasteiger partial charge is 0.346 e. The van der Waals surface area contributed by atoms with E-state index in [-0.39, 0.29) is 0 Å². The highest BCUT2D eigenvalue weighted by molar-refractivity contribution is 14.1. The molecule has 1 saturated heterocycles. The highest BCUT2D eigenvalue weighted by atomic mass is 127. The van der Waals surface area contributed by atoms with Gasteiger partial charge >= 0.3 is 0 Å². The highest BCUT2D eigenvalue weighted by Gasteiger charge is 2.24. The van der Waals surface area contributed by atoms with Crippen LogP contribution in [0.3, 0.4) is 0 Å². The summed E-state index contributed by atoms with van der Waals surface area (Å²) >= 11 is 14.3. The average Bonchev–Trinajstić information content (AvgIpc) is 2.65. The van der Waals surface area contributed by atoms with Crippen LogP contribution < -0.4 is 0 Å². The van der Waals surface area contributed by atoms with Crippen LogP contribution in [0.1, 0.15) is 11.9 Å². The van der Waals surface area contributed by atoms with Crippen LogP contribution in [0.25, 0.3) is 0 Å². The zero-order valence-electron chi connectivity index (χ0n) is 7.10. The lowest BCUT2D eigenvalue weighted by molar-refractivity contribution is -0.0439. The van der Waals surface area contributed by atoms with Crippen molar-refractivity contribution in [2.75, 3.05) is 13.2 Å². The molecule has 1 aromatic carbocycles. The van der Waals surface area contributed by atoms with Crippen molar-refractivity contribution in [2.45, 2.75) is 6.29 Å². The van der Waals surface area contributed by atoms with Crippen molar-refractivity contribution in [1.82, 2.24) is 0 Å². The van der Waals surface area contributed by atoms with Crippen LogP contribution in [0.5, 0.6) is 0 Å². The molecule has 2 rings (SSSR count). The van der Waals surface area contributed by atoms with Gasteiger partial charge < -0.3 is 9.47 Å². The number of ether oxygens (including phenoxy) is 2. The summed E-state index contributed by atoms with van der Waals surface area (Å²) in [6.45, 7) is 1.17. The molecule has 0 bridgehead atoms. The summed E-state index contributed by atoms with van der Waals surface area (Å²) in [4.78, 5) is 0. The molecule has 14 heavy (non-hydrogen) atoms. The van der Waals surface area contributed by atoms with E-state index in [0.29, 0.717) is 23.3 Å². The molecular weight excluding hydrogens is 338 g/mol. The van der Waals surface area contributed by atoms with Crippen molar-refractivity contribution in [2.24, 2.45) is 0 Å². The Morgan fingerprint density at radius 1 is 1.21 bits per heavy atom. The third-order valence-corrected chi connectivity index (χ3v) is 3.89. The summed E-state index contributed by atoms with van der Waals surface area (Å²) < 4.78 is 11.7. The lowest BCUT2D eigenvalue weighted by atomic mass is 10.2. The molecule has 2 nitrogen and oxygen atoms in total. The Morgan fingerprint density at radius 2 is 1.86 bits per heavy atom. The SMILES string of the molecule is Clc1ccc(I)c(Cl)c1C1OCCO1. The molecular formula is C9H7Cl2IO2. The van der Waals surface area contributed by atoms with Crippen molar-refractivity contribution in [3.8, 4) is 0 Å². The molecule has 0 radical (unpaired) electrons. The fraction of sp³-hybridized carbons (Fsp3) is 0.333. The first-order valence-electron chi connectivity index (χ1n) is 4.07. The fourth-order valence-corrected chi connectivity index (χ4v) is 2.30. The molecule has 1 aliphatic rings. The molecule has 0 unspecified atom stereocenters. The minimum absolute atomic E-state index is 0.412. The predicted octanol–water partition coefficient (Wildman–Crippen LogP) is 3.64. The van der Waals surface area contributed by atoms with Crippen molar-refractivity contribution in [1.29, 1.82) is 0 Å². The van der Waals surface area contributed by atoms with Crippen molar-refractivity contribution >= 4 is 45.8 Å². The Morgan fingerprint density at radius 3 is 2.50 bits per heavy atom. The van der Waals surface area contributed by atoms with E-state index in [1.807, 2.05) is 6.07 Å². The average molecular weight is 345 g/mol. The van der Waals surface area contributed by atoms with Crippen LogP contribution in [0.15, 0.2) is 12.1 Å². The maximum Gasteiger partial charge on any atom is 0.186 e. The van der Waals surface area contributed by atoms with Gasteiger partial charge in [-0.25, -0.2) is 0 Å². The van der Waals surface area contributed by atoms with E-state index in [4.69, 9.17) is 32.7 Å². The molecule has 1 heterocycles. The van der Waals surface area contributed by atoms with Crippen molar-refractivity contribution in [3.63, 3.8) is 0 Å². The van der Waals surface area contributed by atoms with Crippen LogP contribution in [0, 0.1) is 3.57 Å². The van der Waals surface area contributed by atoms with E-state index in [0.717, 1.165) is 9.13 Å². The second kappa shape index (κ2) is 4.53. The zero-order chi connectivity index (χ0) is 10.1. The smallest absolute Gasteiger partial charge is 0.186 e. The van der Waals surface area contributed by atoms with Gasteiger partial charge in [0.25, 0.3) is 0 Å². The van der Waals surface area contributed by atoms with Crippen LogP contribution >= 0.6 is 45.8 Å². The quantitative estimate of drug-likeness (QED) is 0.572. The minimum Gasteiger partial charge on any atom is -0.346 e. The van der Waals surface area contributed by atoms with E-state index in [1.54, 1.807) is 6.07 Å². The number of benzene rings is 1.